The fraction of sp³-hybridized carbons (Fsp3) is 0.0909. The van der Waals surface area contributed by atoms with Gasteiger partial charge in [-0.25, -0.2) is 13.1 Å². The molecule has 1 N–H and O–H groups in total. The molecule has 0 radical (unpaired) electrons. The zero-order chi connectivity index (χ0) is 20.9. The first-order valence-corrected chi connectivity index (χ1v) is 10.3. The molecule has 0 fully saturated rings. The number of ketones is 1. The summed E-state index contributed by atoms with van der Waals surface area (Å²) in [6.07, 6.45) is 0. The van der Waals surface area contributed by atoms with Crippen LogP contribution in [0.15, 0.2) is 83.8 Å². The lowest BCUT2D eigenvalue weighted by Gasteiger charge is -2.11. The van der Waals surface area contributed by atoms with Gasteiger partial charge in [-0.1, -0.05) is 54.1 Å². The molecule has 0 aromatic heterocycles. The van der Waals surface area contributed by atoms with E-state index >= 15 is 0 Å². The molecule has 3 aromatic rings. The fourth-order valence-corrected chi connectivity index (χ4v) is 3.59. The number of ether oxygens (including phenoxy) is 1. The van der Waals surface area contributed by atoms with Gasteiger partial charge in [0, 0.05) is 5.56 Å². The van der Waals surface area contributed by atoms with Crippen LogP contribution in [0.2, 0.25) is 0 Å². The van der Waals surface area contributed by atoms with Gasteiger partial charge in [-0.3, -0.25) is 9.59 Å². The fourth-order valence-electron chi connectivity index (χ4n) is 2.62. The van der Waals surface area contributed by atoms with Crippen LogP contribution in [0.5, 0.6) is 5.75 Å². The van der Waals surface area contributed by atoms with E-state index in [4.69, 9.17) is 4.74 Å². The zero-order valence-electron chi connectivity index (χ0n) is 15.7. The molecule has 1 amide bonds. The van der Waals surface area contributed by atoms with E-state index in [-0.39, 0.29) is 22.6 Å². The van der Waals surface area contributed by atoms with Gasteiger partial charge in [-0.2, -0.15) is 0 Å². The Morgan fingerprint density at radius 2 is 1.41 bits per heavy atom. The smallest absolute Gasteiger partial charge is 0.265 e. The first-order valence-electron chi connectivity index (χ1n) is 8.81. The van der Waals surface area contributed by atoms with Crippen LogP contribution in [0.3, 0.4) is 0 Å². The summed E-state index contributed by atoms with van der Waals surface area (Å²) in [4.78, 5) is 25.1. The number of Topliss-reactive ketones (excluding diaryl/α,β-unsaturated/α-hetero) is 1. The molecule has 148 valence electrons. The minimum absolute atomic E-state index is 0.0346. The summed E-state index contributed by atoms with van der Waals surface area (Å²) in [5, 5.41) is 0. The van der Waals surface area contributed by atoms with Crippen molar-refractivity contribution < 1.29 is 22.7 Å². The Morgan fingerprint density at radius 3 is 2.07 bits per heavy atom. The largest absolute Gasteiger partial charge is 0.485 e. The van der Waals surface area contributed by atoms with Gasteiger partial charge in [-0.15, -0.1) is 0 Å². The van der Waals surface area contributed by atoms with Gasteiger partial charge < -0.3 is 4.74 Å². The number of para-hydroxylation sites is 1. The second kappa shape index (κ2) is 8.70. The van der Waals surface area contributed by atoms with Crippen molar-refractivity contribution in [1.82, 2.24) is 4.72 Å². The molecule has 3 rings (SSSR count). The summed E-state index contributed by atoms with van der Waals surface area (Å²) in [6.45, 7) is 1.55. The lowest BCUT2D eigenvalue weighted by atomic mass is 10.0. The number of carbonyl (C=O) groups excluding carboxylic acids is 2. The molecule has 0 aliphatic heterocycles. The van der Waals surface area contributed by atoms with Crippen LogP contribution in [0.25, 0.3) is 0 Å². The Bertz CT molecular complexity index is 1120. The van der Waals surface area contributed by atoms with Crippen molar-refractivity contribution in [1.29, 1.82) is 0 Å². The predicted molar refractivity (Wildman–Crippen MR) is 109 cm³/mol. The zero-order valence-corrected chi connectivity index (χ0v) is 16.5. The third-order valence-electron chi connectivity index (χ3n) is 4.14. The van der Waals surface area contributed by atoms with E-state index in [9.17, 15) is 18.0 Å². The molecule has 0 spiro atoms. The van der Waals surface area contributed by atoms with Crippen molar-refractivity contribution in [3.63, 3.8) is 0 Å². The van der Waals surface area contributed by atoms with Crippen LogP contribution in [0.1, 0.15) is 26.3 Å². The van der Waals surface area contributed by atoms with Gasteiger partial charge in [0.15, 0.2) is 6.61 Å². The van der Waals surface area contributed by atoms with E-state index < -0.39 is 21.7 Å². The average Bonchev–Trinajstić information content (AvgIpc) is 2.72. The molecule has 6 nitrogen and oxygen atoms in total. The highest BCUT2D eigenvalue weighted by Crippen LogP contribution is 2.15. The molecule has 0 aliphatic carbocycles. The van der Waals surface area contributed by atoms with Crippen molar-refractivity contribution in [2.45, 2.75) is 11.8 Å². The third kappa shape index (κ3) is 5.08. The van der Waals surface area contributed by atoms with Crippen LogP contribution in [-0.2, 0) is 10.0 Å². The first kappa shape index (κ1) is 20.3. The van der Waals surface area contributed by atoms with Crippen LogP contribution in [-0.4, -0.2) is 26.7 Å². The molecule has 3 aromatic carbocycles. The van der Waals surface area contributed by atoms with Crippen LogP contribution >= 0.6 is 0 Å². The van der Waals surface area contributed by atoms with E-state index in [1.54, 1.807) is 48.5 Å². The molecule has 0 atom stereocenters. The van der Waals surface area contributed by atoms with Gasteiger partial charge >= 0.3 is 0 Å². The average molecular weight is 409 g/mol. The standard InChI is InChI=1S/C22H19NO5S/c1-16-11-13-18(14-12-16)29(26,27)23-22(25)20-10-6-5-9-19(20)21(24)15-28-17-7-3-2-4-8-17/h2-14H,15H2,1H3,(H,23,25). The summed E-state index contributed by atoms with van der Waals surface area (Å²) < 4.78 is 32.4. The molecule has 7 heteroatoms. The minimum Gasteiger partial charge on any atom is -0.485 e. The van der Waals surface area contributed by atoms with Crippen LogP contribution in [0, 0.1) is 6.92 Å². The summed E-state index contributed by atoms with van der Waals surface area (Å²) in [5.74, 6) is -0.800. The van der Waals surface area contributed by atoms with Crippen LogP contribution < -0.4 is 9.46 Å². The highest BCUT2D eigenvalue weighted by Gasteiger charge is 2.22. The van der Waals surface area contributed by atoms with E-state index in [2.05, 4.69) is 0 Å². The summed E-state index contributed by atoms with van der Waals surface area (Å²) in [7, 11) is -4.06. The van der Waals surface area contributed by atoms with Gasteiger partial charge in [0.1, 0.15) is 5.75 Å². The maximum absolute atomic E-state index is 12.6. The third-order valence-corrected chi connectivity index (χ3v) is 5.49. The van der Waals surface area contributed by atoms with E-state index in [1.807, 2.05) is 17.7 Å². The number of hydrogen-bond donors (Lipinski definition) is 1. The number of carbonyl (C=O) groups is 2. The number of amides is 1. The van der Waals surface area contributed by atoms with Crippen molar-refractivity contribution in [3.05, 3.63) is 95.6 Å². The van der Waals surface area contributed by atoms with E-state index in [1.165, 1.54) is 24.3 Å². The van der Waals surface area contributed by atoms with Gasteiger partial charge in [0.05, 0.1) is 10.5 Å². The van der Waals surface area contributed by atoms with Crippen molar-refractivity contribution in [3.8, 4) is 5.75 Å². The van der Waals surface area contributed by atoms with E-state index in [0.29, 0.717) is 5.75 Å². The number of sulfonamides is 1. The van der Waals surface area contributed by atoms with Crippen molar-refractivity contribution in [2.24, 2.45) is 0 Å². The molecule has 29 heavy (non-hydrogen) atoms. The van der Waals surface area contributed by atoms with Crippen molar-refractivity contribution in [2.75, 3.05) is 6.61 Å². The molecule has 0 unspecified atom stereocenters. The topological polar surface area (TPSA) is 89.5 Å². The summed E-state index contributed by atoms with van der Waals surface area (Å²) >= 11 is 0. The maximum Gasteiger partial charge on any atom is 0.265 e. The van der Waals surface area contributed by atoms with Crippen molar-refractivity contribution >= 4 is 21.7 Å². The number of benzene rings is 3. The Kier molecular flexibility index (Phi) is 6.09. The number of hydrogen-bond acceptors (Lipinski definition) is 5. The molecular formula is C22H19NO5S. The second-order valence-corrected chi connectivity index (χ2v) is 8.00. The normalized spacial score (nSPS) is 10.9. The first-order chi connectivity index (χ1) is 13.9. The van der Waals surface area contributed by atoms with Gasteiger partial charge in [0.2, 0.25) is 5.78 Å². The maximum atomic E-state index is 12.6. The number of nitrogens with one attached hydrogen (secondary N) is 1. The number of rotatable bonds is 7. The molecule has 0 aliphatic rings. The Hall–Kier alpha value is -3.45. The summed E-state index contributed by atoms with van der Waals surface area (Å²) in [5.41, 5.74) is 0.939. The van der Waals surface area contributed by atoms with Crippen LogP contribution in [0.4, 0.5) is 0 Å². The molecule has 0 heterocycles. The summed E-state index contributed by atoms with van der Waals surface area (Å²) in [6, 6.07) is 20.9. The number of aryl methyl sites for hydroxylation is 1. The SMILES string of the molecule is Cc1ccc(S(=O)(=O)NC(=O)c2ccccc2C(=O)COc2ccccc2)cc1. The van der Waals surface area contributed by atoms with E-state index in [0.717, 1.165) is 5.56 Å². The Balaban J connectivity index is 1.77. The van der Waals surface area contributed by atoms with Gasteiger partial charge in [-0.05, 0) is 37.3 Å². The molecule has 0 bridgehead atoms. The molecule has 0 saturated heterocycles. The highest BCUT2D eigenvalue weighted by molar-refractivity contribution is 7.90. The highest BCUT2D eigenvalue weighted by atomic mass is 32.2. The Labute approximate surface area is 169 Å². The van der Waals surface area contributed by atoms with Gasteiger partial charge in [0.25, 0.3) is 15.9 Å². The second-order valence-electron chi connectivity index (χ2n) is 6.32. The minimum atomic E-state index is -4.06. The lowest BCUT2D eigenvalue weighted by Crippen LogP contribution is -2.32. The molecule has 0 saturated carbocycles. The molecular weight excluding hydrogens is 390 g/mol. The lowest BCUT2D eigenvalue weighted by molar-refractivity contribution is 0.0906. The quantitative estimate of drug-likeness (QED) is 0.604. The monoisotopic (exact) mass is 409 g/mol. The Morgan fingerprint density at radius 1 is 0.828 bits per heavy atom. The predicted octanol–water partition coefficient (Wildman–Crippen LogP) is 3.38.